The topological polar surface area (TPSA) is 133 Å². The molecule has 12 nitrogen and oxygen atoms in total. The fraction of sp³-hybridized carbons (Fsp3) is 0.607. The molecule has 1 aromatic heterocycles. The number of hydrazine groups is 1. The number of benzene rings is 1. The molecule has 4 aliphatic rings. The van der Waals surface area contributed by atoms with Crippen LogP contribution in [0.15, 0.2) is 41.2 Å². The maximum Gasteiger partial charge on any atom is 0.321 e. The smallest absolute Gasteiger partial charge is 0.321 e. The van der Waals surface area contributed by atoms with Crippen molar-refractivity contribution in [2.45, 2.75) is 64.3 Å². The highest BCUT2D eigenvalue weighted by Crippen LogP contribution is 2.54. The number of piperidine rings is 1. The molecule has 1 unspecified atom stereocenters. The molecule has 1 saturated carbocycles. The molecule has 0 bridgehead atoms. The molecular formula is C28H39N7O5S. The third-order valence-electron chi connectivity index (χ3n) is 8.39. The van der Waals surface area contributed by atoms with Crippen molar-refractivity contribution in [2.24, 2.45) is 9.81 Å². The summed E-state index contributed by atoms with van der Waals surface area (Å²) in [5.41, 5.74) is 5.44. The third-order valence-corrected chi connectivity index (χ3v) is 9.57. The zero-order chi connectivity index (χ0) is 28.8. The first-order valence-corrected chi connectivity index (χ1v) is 15.9. The minimum Gasteiger partial charge on any atom is -0.440 e. The van der Waals surface area contributed by atoms with Crippen LogP contribution in [0.2, 0.25) is 0 Å². The summed E-state index contributed by atoms with van der Waals surface area (Å²) in [5.74, 6) is -0.0252. The lowest BCUT2D eigenvalue weighted by Crippen LogP contribution is -2.52. The number of hydrogen-bond acceptors (Lipinski definition) is 10. The van der Waals surface area contributed by atoms with Crippen molar-refractivity contribution >= 4 is 33.2 Å². The van der Waals surface area contributed by atoms with Gasteiger partial charge in [-0.15, -0.1) is 4.40 Å². The van der Waals surface area contributed by atoms with Crippen molar-refractivity contribution in [3.8, 4) is 0 Å². The molecule has 0 amide bonds. The predicted octanol–water partition coefficient (Wildman–Crippen LogP) is 2.58. The molecule has 2 N–H and O–H groups in total. The highest BCUT2D eigenvalue weighted by Gasteiger charge is 2.44. The van der Waals surface area contributed by atoms with Crippen LogP contribution in [0, 0.1) is 5.41 Å². The summed E-state index contributed by atoms with van der Waals surface area (Å²) >= 11 is 0. The summed E-state index contributed by atoms with van der Waals surface area (Å²) in [7, 11) is -4.07. The molecule has 2 atom stereocenters. The Labute approximate surface area is 241 Å². The van der Waals surface area contributed by atoms with Gasteiger partial charge in [-0.2, -0.15) is 0 Å². The fourth-order valence-electron chi connectivity index (χ4n) is 6.15. The standard InChI is InChI=1S/C28H39N7O5S/c1-20-15-34(17-27(2,3)40-20)23-14-29-18-30-25(23)35-19-39-26(31-35)32-41(37,38)16-24(36)21-5-4-6-22(13-21)33-11-9-28(7-8-28)10-12-33/h4-6,13-14,18,20,24,36H,7-12,15-17,19H2,1-3H3,(H,31,32)/t20?,24-/m0/s1. The zero-order valence-electron chi connectivity index (χ0n) is 23.9. The van der Waals surface area contributed by atoms with Crippen LogP contribution in [0.25, 0.3) is 0 Å². The number of aliphatic hydroxyl groups excluding tert-OH is 1. The Bertz CT molecular complexity index is 1400. The second-order valence-corrected chi connectivity index (χ2v) is 14.0. The van der Waals surface area contributed by atoms with Gasteiger partial charge in [0.1, 0.15) is 17.8 Å². The van der Waals surface area contributed by atoms with Crippen LogP contribution >= 0.6 is 0 Å². The van der Waals surface area contributed by atoms with Crippen LogP contribution in [-0.2, 0) is 19.5 Å². The van der Waals surface area contributed by atoms with E-state index >= 15 is 0 Å². The Hall–Kier alpha value is -3.16. The Balaban J connectivity index is 1.11. The Kier molecular flexibility index (Phi) is 7.23. The van der Waals surface area contributed by atoms with E-state index < -0.39 is 21.9 Å². The largest absolute Gasteiger partial charge is 0.440 e. The van der Waals surface area contributed by atoms with Crippen molar-refractivity contribution in [1.82, 2.24) is 15.4 Å². The van der Waals surface area contributed by atoms with Crippen LogP contribution in [0.5, 0.6) is 0 Å². The van der Waals surface area contributed by atoms with Crippen molar-refractivity contribution in [1.29, 1.82) is 0 Å². The van der Waals surface area contributed by atoms with E-state index in [1.807, 2.05) is 39.0 Å². The van der Waals surface area contributed by atoms with Gasteiger partial charge in [-0.05, 0) is 69.6 Å². The summed E-state index contributed by atoms with van der Waals surface area (Å²) < 4.78 is 41.3. The van der Waals surface area contributed by atoms with Gasteiger partial charge in [0.2, 0.25) is 0 Å². The number of sulfonamides is 1. The predicted molar refractivity (Wildman–Crippen MR) is 156 cm³/mol. The first kappa shape index (κ1) is 28.0. The molecule has 3 saturated heterocycles. The molecule has 1 spiro atoms. The first-order chi connectivity index (χ1) is 19.5. The second-order valence-electron chi connectivity index (χ2n) is 12.4. The minimum atomic E-state index is -4.07. The van der Waals surface area contributed by atoms with Crippen LogP contribution < -0.4 is 20.2 Å². The quantitative estimate of drug-likeness (QED) is 0.497. The number of hydrogen-bond donors (Lipinski definition) is 2. The highest BCUT2D eigenvalue weighted by molar-refractivity contribution is 7.90. The molecule has 4 fully saturated rings. The van der Waals surface area contributed by atoms with Gasteiger partial charge in [-0.3, -0.25) is 0 Å². The van der Waals surface area contributed by atoms with Gasteiger partial charge in [-0.1, -0.05) is 12.1 Å². The highest BCUT2D eigenvalue weighted by atomic mass is 32.2. The maximum atomic E-state index is 13.0. The van der Waals surface area contributed by atoms with E-state index in [2.05, 4.69) is 29.6 Å². The van der Waals surface area contributed by atoms with E-state index in [1.165, 1.54) is 32.0 Å². The number of rotatable bonds is 7. The van der Waals surface area contributed by atoms with E-state index in [1.54, 1.807) is 17.3 Å². The monoisotopic (exact) mass is 585 g/mol. The number of ether oxygens (including phenoxy) is 2. The first-order valence-electron chi connectivity index (χ1n) is 14.3. The number of nitrogens with zero attached hydrogens (tertiary/aromatic N) is 6. The van der Waals surface area contributed by atoms with Gasteiger partial charge < -0.3 is 24.4 Å². The van der Waals surface area contributed by atoms with Crippen molar-refractivity contribution < 1.29 is 23.0 Å². The lowest BCUT2D eigenvalue weighted by molar-refractivity contribution is -0.0749. The summed E-state index contributed by atoms with van der Waals surface area (Å²) in [4.78, 5) is 13.1. The second kappa shape index (κ2) is 10.6. The maximum absolute atomic E-state index is 13.0. The number of aliphatic hydroxyl groups is 1. The zero-order valence-corrected chi connectivity index (χ0v) is 24.7. The molecular weight excluding hydrogens is 546 g/mol. The molecule has 41 heavy (non-hydrogen) atoms. The van der Waals surface area contributed by atoms with E-state index in [0.29, 0.717) is 29.9 Å². The number of aromatic nitrogens is 2. The van der Waals surface area contributed by atoms with Crippen molar-refractivity contribution in [3.05, 3.63) is 42.4 Å². The molecule has 6 rings (SSSR count). The number of nitrogens with one attached hydrogen (secondary N) is 1. The van der Waals surface area contributed by atoms with Crippen LogP contribution in [-0.4, -0.2) is 79.9 Å². The normalized spacial score (nSPS) is 25.2. The van der Waals surface area contributed by atoms with Crippen LogP contribution in [0.3, 0.4) is 0 Å². The lowest BCUT2D eigenvalue weighted by Gasteiger charge is -2.43. The van der Waals surface area contributed by atoms with Gasteiger partial charge in [-0.25, -0.2) is 28.8 Å². The molecule has 2 aromatic rings. The minimum absolute atomic E-state index is 0.00335. The summed E-state index contributed by atoms with van der Waals surface area (Å²) in [5, 5.41) is 12.4. The fourth-order valence-corrected chi connectivity index (χ4v) is 7.17. The van der Waals surface area contributed by atoms with Gasteiger partial charge >= 0.3 is 6.02 Å². The van der Waals surface area contributed by atoms with Gasteiger partial charge in [0.25, 0.3) is 10.0 Å². The lowest BCUT2D eigenvalue weighted by atomic mass is 9.93. The number of anilines is 3. The molecule has 13 heteroatoms. The average molecular weight is 586 g/mol. The van der Waals surface area contributed by atoms with E-state index in [9.17, 15) is 13.5 Å². The molecule has 3 aliphatic heterocycles. The Morgan fingerprint density at radius 2 is 1.98 bits per heavy atom. The van der Waals surface area contributed by atoms with Crippen molar-refractivity contribution in [2.75, 3.05) is 53.5 Å². The average Bonchev–Trinajstić information content (AvgIpc) is 3.51. The Morgan fingerprint density at radius 3 is 2.71 bits per heavy atom. The van der Waals surface area contributed by atoms with Crippen molar-refractivity contribution in [3.63, 3.8) is 0 Å². The molecule has 4 heterocycles. The number of amidine groups is 1. The van der Waals surface area contributed by atoms with E-state index in [4.69, 9.17) is 9.47 Å². The molecule has 222 valence electrons. The summed E-state index contributed by atoms with van der Waals surface area (Å²) in [6.07, 6.45) is 7.00. The van der Waals surface area contributed by atoms with Gasteiger partial charge in [0.15, 0.2) is 12.5 Å². The summed E-state index contributed by atoms with van der Waals surface area (Å²) in [6, 6.07) is 7.34. The van der Waals surface area contributed by atoms with Gasteiger partial charge in [0, 0.05) is 31.9 Å². The summed E-state index contributed by atoms with van der Waals surface area (Å²) in [6.45, 7) is 9.36. The molecule has 1 aliphatic carbocycles. The van der Waals surface area contributed by atoms with Crippen LogP contribution in [0.4, 0.5) is 17.2 Å². The SMILES string of the molecule is CC1CN(c2cncnc2N2COC(=NS(=O)(=O)C[C@H](O)c3cccc(N4CCC5(CC4)CC5)c3)N2)CC(C)(C)O1. The van der Waals surface area contributed by atoms with Gasteiger partial charge in [0.05, 0.1) is 24.0 Å². The van der Waals surface area contributed by atoms with E-state index in [0.717, 1.165) is 24.5 Å². The number of morpholine rings is 1. The third kappa shape index (κ3) is 6.36. The molecule has 1 aromatic carbocycles. The molecule has 0 radical (unpaired) electrons. The Morgan fingerprint density at radius 1 is 1.20 bits per heavy atom. The van der Waals surface area contributed by atoms with E-state index in [-0.39, 0.29) is 24.5 Å². The van der Waals surface area contributed by atoms with Crippen LogP contribution in [0.1, 0.15) is 58.1 Å².